The number of ether oxygens (including phenoxy) is 1. The van der Waals surface area contributed by atoms with E-state index in [0.717, 1.165) is 5.56 Å². The summed E-state index contributed by atoms with van der Waals surface area (Å²) in [4.78, 5) is 25.1. The quantitative estimate of drug-likeness (QED) is 0.334. The molecule has 0 fully saturated rings. The van der Waals surface area contributed by atoms with Crippen molar-refractivity contribution in [2.45, 2.75) is 11.8 Å². The van der Waals surface area contributed by atoms with Crippen molar-refractivity contribution in [3.05, 3.63) is 96.1 Å². The van der Waals surface area contributed by atoms with Gasteiger partial charge in [0.15, 0.2) is 5.16 Å². The third-order valence-corrected chi connectivity index (χ3v) is 5.83. The number of nitrogens with zero attached hydrogens (tertiary/aromatic N) is 3. The molecule has 0 bridgehead atoms. The Morgan fingerprint density at radius 1 is 1.00 bits per heavy atom. The van der Waals surface area contributed by atoms with Crippen molar-refractivity contribution in [3.8, 4) is 5.75 Å². The minimum Gasteiger partial charge on any atom is -0.489 e. The zero-order chi connectivity index (χ0) is 24.6. The molecule has 10 heteroatoms. The Morgan fingerprint density at radius 2 is 1.77 bits per heavy atom. The molecule has 3 aromatic carbocycles. The van der Waals surface area contributed by atoms with Crippen molar-refractivity contribution in [1.82, 2.24) is 14.8 Å². The van der Waals surface area contributed by atoms with Gasteiger partial charge in [-0.05, 0) is 48.0 Å². The van der Waals surface area contributed by atoms with E-state index in [1.54, 1.807) is 72.5 Å². The average Bonchev–Trinajstić information content (AvgIpc) is 3.26. The number of nitrogens with one attached hydrogen (secondary N) is 2. The van der Waals surface area contributed by atoms with E-state index in [1.807, 2.05) is 6.07 Å². The summed E-state index contributed by atoms with van der Waals surface area (Å²) in [6.45, 7) is 0.223. The van der Waals surface area contributed by atoms with Crippen LogP contribution in [0.5, 0.6) is 5.75 Å². The molecule has 0 saturated heterocycles. The Bertz CT molecular complexity index is 1340. The number of carbonyl (C=O) groups excluding carboxylic acids is 2. The lowest BCUT2D eigenvalue weighted by molar-refractivity contribution is -0.113. The molecule has 8 nitrogen and oxygen atoms in total. The lowest BCUT2D eigenvalue weighted by atomic mass is 10.1. The maximum absolute atomic E-state index is 13.3. The van der Waals surface area contributed by atoms with Gasteiger partial charge in [-0.2, -0.15) is 0 Å². The van der Waals surface area contributed by atoms with Gasteiger partial charge in [0, 0.05) is 30.1 Å². The van der Waals surface area contributed by atoms with E-state index >= 15 is 0 Å². The number of aromatic nitrogens is 3. The van der Waals surface area contributed by atoms with Crippen LogP contribution in [0.4, 0.5) is 15.8 Å². The largest absolute Gasteiger partial charge is 0.489 e. The highest BCUT2D eigenvalue weighted by molar-refractivity contribution is 7.99. The third-order valence-electron chi connectivity index (χ3n) is 4.80. The highest BCUT2D eigenvalue weighted by Crippen LogP contribution is 2.19. The normalized spacial score (nSPS) is 10.6. The van der Waals surface area contributed by atoms with Crippen molar-refractivity contribution >= 4 is 35.0 Å². The van der Waals surface area contributed by atoms with Crippen LogP contribution in [0, 0.1) is 5.82 Å². The second-order valence-electron chi connectivity index (χ2n) is 7.54. The first-order chi connectivity index (χ1) is 17.0. The summed E-state index contributed by atoms with van der Waals surface area (Å²) in [6.07, 6.45) is 1.56. The van der Waals surface area contributed by atoms with Gasteiger partial charge in [-0.15, -0.1) is 10.2 Å². The molecular weight excluding hydrogens is 469 g/mol. The van der Waals surface area contributed by atoms with Crippen LogP contribution in [-0.2, 0) is 18.4 Å². The molecule has 0 saturated carbocycles. The molecule has 0 spiro atoms. The lowest BCUT2D eigenvalue weighted by Crippen LogP contribution is -2.16. The van der Waals surface area contributed by atoms with Crippen LogP contribution in [0.1, 0.15) is 15.9 Å². The summed E-state index contributed by atoms with van der Waals surface area (Å²) >= 11 is 1.27. The molecule has 0 atom stereocenters. The second-order valence-corrected chi connectivity index (χ2v) is 8.49. The summed E-state index contributed by atoms with van der Waals surface area (Å²) in [5, 5.41) is 14.0. The number of hydrogen-bond acceptors (Lipinski definition) is 6. The SMILES string of the molecule is Cn1cnnc1SCC(=O)Nc1cccc(C(=O)Nc2cccc(COc3cccc(F)c3)c2)c1. The van der Waals surface area contributed by atoms with E-state index in [2.05, 4.69) is 20.8 Å². The fourth-order valence-electron chi connectivity index (χ4n) is 3.13. The highest BCUT2D eigenvalue weighted by Gasteiger charge is 2.11. The highest BCUT2D eigenvalue weighted by atomic mass is 32.2. The molecule has 4 rings (SSSR count). The van der Waals surface area contributed by atoms with Gasteiger partial charge in [-0.1, -0.05) is 36.0 Å². The number of benzene rings is 3. The van der Waals surface area contributed by atoms with E-state index in [4.69, 9.17) is 4.74 Å². The first-order valence-electron chi connectivity index (χ1n) is 10.6. The number of rotatable bonds is 9. The van der Waals surface area contributed by atoms with Crippen LogP contribution in [0.25, 0.3) is 0 Å². The molecule has 0 aliphatic heterocycles. The molecule has 0 aliphatic carbocycles. The van der Waals surface area contributed by atoms with Crippen molar-refractivity contribution in [2.75, 3.05) is 16.4 Å². The minimum absolute atomic E-state index is 0.160. The maximum Gasteiger partial charge on any atom is 0.255 e. The molecular formula is C25H22FN5O3S. The van der Waals surface area contributed by atoms with Gasteiger partial charge >= 0.3 is 0 Å². The number of carbonyl (C=O) groups is 2. The predicted molar refractivity (Wildman–Crippen MR) is 132 cm³/mol. The number of aryl methyl sites for hydroxylation is 1. The Hall–Kier alpha value is -4.18. The molecule has 0 radical (unpaired) electrons. The van der Waals surface area contributed by atoms with Crippen molar-refractivity contribution in [2.24, 2.45) is 7.05 Å². The van der Waals surface area contributed by atoms with Gasteiger partial charge in [0.1, 0.15) is 24.5 Å². The Morgan fingerprint density at radius 3 is 2.54 bits per heavy atom. The van der Waals surface area contributed by atoms with E-state index in [0.29, 0.717) is 27.8 Å². The molecule has 1 aromatic heterocycles. The van der Waals surface area contributed by atoms with Crippen LogP contribution in [-0.4, -0.2) is 32.3 Å². The first kappa shape index (κ1) is 24.0. The number of amides is 2. The van der Waals surface area contributed by atoms with E-state index in [-0.39, 0.29) is 30.0 Å². The van der Waals surface area contributed by atoms with E-state index in [1.165, 1.54) is 23.9 Å². The fraction of sp³-hybridized carbons (Fsp3) is 0.120. The second kappa shape index (κ2) is 11.3. The summed E-state index contributed by atoms with van der Waals surface area (Å²) in [6, 6.07) is 19.8. The number of halogens is 1. The van der Waals surface area contributed by atoms with Crippen molar-refractivity contribution in [3.63, 3.8) is 0 Å². The third kappa shape index (κ3) is 6.90. The molecule has 2 amide bonds. The number of hydrogen-bond donors (Lipinski definition) is 2. The predicted octanol–water partition coefficient (Wildman–Crippen LogP) is 4.52. The number of anilines is 2. The zero-order valence-electron chi connectivity index (χ0n) is 18.8. The summed E-state index contributed by atoms with van der Waals surface area (Å²) in [5.74, 6) is -0.327. The van der Waals surface area contributed by atoms with Gasteiger partial charge in [0.05, 0.1) is 5.75 Å². The monoisotopic (exact) mass is 491 g/mol. The first-order valence-corrected chi connectivity index (χ1v) is 11.6. The van der Waals surface area contributed by atoms with Crippen LogP contribution >= 0.6 is 11.8 Å². The van der Waals surface area contributed by atoms with Crippen LogP contribution in [0.2, 0.25) is 0 Å². The van der Waals surface area contributed by atoms with Crippen LogP contribution < -0.4 is 15.4 Å². The Labute approximate surface area is 205 Å². The molecule has 2 N–H and O–H groups in total. The molecule has 1 heterocycles. The number of thioether (sulfide) groups is 1. The van der Waals surface area contributed by atoms with Gasteiger partial charge in [0.25, 0.3) is 5.91 Å². The molecule has 178 valence electrons. The van der Waals surface area contributed by atoms with Gasteiger partial charge in [-0.3, -0.25) is 9.59 Å². The maximum atomic E-state index is 13.3. The summed E-state index contributed by atoms with van der Waals surface area (Å²) < 4.78 is 20.7. The topological polar surface area (TPSA) is 98.1 Å². The Kier molecular flexibility index (Phi) is 7.74. The lowest BCUT2D eigenvalue weighted by Gasteiger charge is -2.10. The molecule has 4 aromatic rings. The van der Waals surface area contributed by atoms with Crippen LogP contribution in [0.15, 0.2) is 84.3 Å². The smallest absolute Gasteiger partial charge is 0.255 e. The molecule has 0 unspecified atom stereocenters. The van der Waals surface area contributed by atoms with Crippen LogP contribution in [0.3, 0.4) is 0 Å². The van der Waals surface area contributed by atoms with Crippen molar-refractivity contribution < 1.29 is 18.7 Å². The standard InChI is InChI=1S/C25H22FN5O3S/c1-31-16-27-30-25(31)35-15-23(32)28-21-9-3-6-18(12-21)24(33)29-20-8-2-5-17(11-20)14-34-22-10-4-7-19(26)13-22/h2-13,16H,14-15H2,1H3,(H,28,32)(H,29,33). The fourth-order valence-corrected chi connectivity index (χ4v) is 3.82. The Balaban J connectivity index is 1.33. The van der Waals surface area contributed by atoms with Crippen molar-refractivity contribution in [1.29, 1.82) is 0 Å². The van der Waals surface area contributed by atoms with Gasteiger partial charge in [0.2, 0.25) is 5.91 Å². The summed E-state index contributed by atoms with van der Waals surface area (Å²) in [5.41, 5.74) is 2.31. The minimum atomic E-state index is -0.369. The zero-order valence-corrected chi connectivity index (χ0v) is 19.6. The van der Waals surface area contributed by atoms with Gasteiger partial charge in [-0.25, -0.2) is 4.39 Å². The summed E-state index contributed by atoms with van der Waals surface area (Å²) in [7, 11) is 1.80. The molecule has 0 aliphatic rings. The van der Waals surface area contributed by atoms with E-state index < -0.39 is 0 Å². The average molecular weight is 492 g/mol. The van der Waals surface area contributed by atoms with Gasteiger partial charge < -0.3 is 19.9 Å². The van der Waals surface area contributed by atoms with E-state index in [9.17, 15) is 14.0 Å². The molecule has 35 heavy (non-hydrogen) atoms.